The first-order valence-corrected chi connectivity index (χ1v) is 3.51. The molecule has 0 amide bonds. The van der Waals surface area contributed by atoms with Crippen LogP contribution < -0.4 is 0 Å². The molecule has 0 bridgehead atoms. The van der Waals surface area contributed by atoms with Crippen LogP contribution in [0.3, 0.4) is 0 Å². The summed E-state index contributed by atoms with van der Waals surface area (Å²) in [6.45, 7) is 3.61. The highest BCUT2D eigenvalue weighted by molar-refractivity contribution is 6.29. The van der Waals surface area contributed by atoms with Crippen LogP contribution in [0.2, 0.25) is 0 Å². The fourth-order valence-corrected chi connectivity index (χ4v) is 0.633. The molecule has 2 heteroatoms. The minimum Gasteiger partial charge on any atom is -0.393 e. The van der Waals surface area contributed by atoms with Gasteiger partial charge in [0.25, 0.3) is 0 Å². The molecule has 0 fully saturated rings. The van der Waals surface area contributed by atoms with Crippen molar-refractivity contribution < 1.29 is 5.11 Å². The van der Waals surface area contributed by atoms with Crippen molar-refractivity contribution in [2.45, 2.75) is 32.8 Å². The third kappa shape index (κ3) is 7.99. The largest absolute Gasteiger partial charge is 0.393 e. The first-order chi connectivity index (χ1) is 4.13. The Kier molecular flexibility index (Phi) is 4.83. The second-order valence-electron chi connectivity index (χ2n) is 2.22. The minimum absolute atomic E-state index is 0.211. The normalized spacial score (nSPS) is 15.8. The predicted octanol–water partition coefficient (Wildman–Crippen LogP) is 2.29. The summed E-state index contributed by atoms with van der Waals surface area (Å²) >= 11 is 5.54. The number of hydrogen-bond donors (Lipinski definition) is 1. The van der Waals surface area contributed by atoms with Crippen LogP contribution >= 0.6 is 11.6 Å². The van der Waals surface area contributed by atoms with E-state index in [1.807, 2.05) is 13.0 Å². The van der Waals surface area contributed by atoms with Gasteiger partial charge >= 0.3 is 0 Å². The van der Waals surface area contributed by atoms with Gasteiger partial charge in [-0.05, 0) is 26.7 Å². The Bertz CT molecular complexity index is 93.1. The van der Waals surface area contributed by atoms with Gasteiger partial charge in [-0.25, -0.2) is 0 Å². The van der Waals surface area contributed by atoms with Gasteiger partial charge in [-0.3, -0.25) is 0 Å². The second kappa shape index (κ2) is 4.83. The molecule has 0 rings (SSSR count). The Hall–Kier alpha value is -0.0100. The second-order valence-corrected chi connectivity index (χ2v) is 2.81. The summed E-state index contributed by atoms with van der Waals surface area (Å²) in [7, 11) is 0. The van der Waals surface area contributed by atoms with Crippen molar-refractivity contribution in [3.63, 3.8) is 0 Å². The standard InChI is InChI=1S/C7H13ClO/c1-6(8)4-3-5-7(2)9/h4,7,9H,3,5H2,1-2H3. The SMILES string of the molecule is CC(Cl)=CCCC(C)O. The molecule has 0 aliphatic heterocycles. The van der Waals surface area contributed by atoms with Gasteiger partial charge in [-0.1, -0.05) is 17.7 Å². The topological polar surface area (TPSA) is 20.2 Å². The molecular weight excluding hydrogens is 136 g/mol. The molecule has 0 aromatic carbocycles. The third-order valence-electron chi connectivity index (χ3n) is 1.01. The summed E-state index contributed by atoms with van der Waals surface area (Å²) in [4.78, 5) is 0. The number of rotatable bonds is 3. The van der Waals surface area contributed by atoms with E-state index in [0.717, 1.165) is 17.9 Å². The first-order valence-electron chi connectivity index (χ1n) is 3.13. The molecule has 9 heavy (non-hydrogen) atoms. The molecule has 0 heterocycles. The highest BCUT2D eigenvalue weighted by Gasteiger charge is 1.91. The van der Waals surface area contributed by atoms with Crippen LogP contribution in [0.5, 0.6) is 0 Å². The van der Waals surface area contributed by atoms with Gasteiger partial charge < -0.3 is 5.11 Å². The fraction of sp³-hybridized carbons (Fsp3) is 0.714. The van der Waals surface area contributed by atoms with Crippen molar-refractivity contribution in [2.75, 3.05) is 0 Å². The highest BCUT2D eigenvalue weighted by atomic mass is 35.5. The smallest absolute Gasteiger partial charge is 0.0515 e. The lowest BCUT2D eigenvalue weighted by Crippen LogP contribution is -1.96. The number of aliphatic hydroxyl groups is 1. The lowest BCUT2D eigenvalue weighted by molar-refractivity contribution is 0.186. The molecule has 0 aliphatic carbocycles. The van der Waals surface area contributed by atoms with Gasteiger partial charge in [-0.15, -0.1) is 0 Å². The molecular formula is C7H13ClO. The lowest BCUT2D eigenvalue weighted by Gasteiger charge is -1.98. The van der Waals surface area contributed by atoms with E-state index in [4.69, 9.17) is 16.7 Å². The van der Waals surface area contributed by atoms with Crippen LogP contribution in [0.1, 0.15) is 26.7 Å². The molecule has 0 aromatic rings. The van der Waals surface area contributed by atoms with Crippen LogP contribution in [-0.4, -0.2) is 11.2 Å². The van der Waals surface area contributed by atoms with Crippen molar-refractivity contribution >= 4 is 11.6 Å². The molecule has 1 N–H and O–H groups in total. The van der Waals surface area contributed by atoms with Gasteiger partial charge in [0.15, 0.2) is 0 Å². The van der Waals surface area contributed by atoms with Crippen LogP contribution in [0.4, 0.5) is 0 Å². The fourth-order valence-electron chi connectivity index (χ4n) is 0.523. The number of halogens is 1. The molecule has 1 unspecified atom stereocenters. The predicted molar refractivity (Wildman–Crippen MR) is 40.5 cm³/mol. The zero-order chi connectivity index (χ0) is 7.28. The summed E-state index contributed by atoms with van der Waals surface area (Å²) in [5.74, 6) is 0. The zero-order valence-corrected chi connectivity index (χ0v) is 6.65. The Morgan fingerprint density at radius 2 is 2.33 bits per heavy atom. The molecule has 1 nitrogen and oxygen atoms in total. The quantitative estimate of drug-likeness (QED) is 0.651. The summed E-state index contributed by atoms with van der Waals surface area (Å²) in [6, 6.07) is 0. The van der Waals surface area contributed by atoms with Crippen molar-refractivity contribution in [1.82, 2.24) is 0 Å². The van der Waals surface area contributed by atoms with Crippen LogP contribution in [0.15, 0.2) is 11.1 Å². The van der Waals surface area contributed by atoms with Gasteiger partial charge in [-0.2, -0.15) is 0 Å². The van der Waals surface area contributed by atoms with Gasteiger partial charge in [0.05, 0.1) is 6.10 Å². The van der Waals surface area contributed by atoms with Gasteiger partial charge in [0, 0.05) is 5.03 Å². The maximum absolute atomic E-state index is 8.79. The minimum atomic E-state index is -0.211. The number of allylic oxidation sites excluding steroid dienone is 2. The van der Waals surface area contributed by atoms with Crippen molar-refractivity contribution in [3.8, 4) is 0 Å². The van der Waals surface area contributed by atoms with E-state index in [1.165, 1.54) is 0 Å². The molecule has 54 valence electrons. The Morgan fingerprint density at radius 1 is 1.78 bits per heavy atom. The molecule has 0 spiro atoms. The van der Waals surface area contributed by atoms with Crippen molar-refractivity contribution in [2.24, 2.45) is 0 Å². The van der Waals surface area contributed by atoms with Gasteiger partial charge in [0.1, 0.15) is 0 Å². The molecule has 0 radical (unpaired) electrons. The Labute approximate surface area is 61.3 Å². The van der Waals surface area contributed by atoms with Crippen molar-refractivity contribution in [1.29, 1.82) is 0 Å². The first kappa shape index (κ1) is 8.99. The van der Waals surface area contributed by atoms with E-state index in [2.05, 4.69) is 0 Å². The maximum Gasteiger partial charge on any atom is 0.0515 e. The third-order valence-corrected chi connectivity index (χ3v) is 1.16. The summed E-state index contributed by atoms with van der Waals surface area (Å²) in [5.41, 5.74) is 0. The van der Waals surface area contributed by atoms with E-state index in [-0.39, 0.29) is 6.10 Å². The van der Waals surface area contributed by atoms with E-state index >= 15 is 0 Å². The highest BCUT2D eigenvalue weighted by Crippen LogP contribution is 2.03. The van der Waals surface area contributed by atoms with Crippen LogP contribution in [-0.2, 0) is 0 Å². The van der Waals surface area contributed by atoms with E-state index in [9.17, 15) is 0 Å². The molecule has 1 atom stereocenters. The van der Waals surface area contributed by atoms with Crippen LogP contribution in [0, 0.1) is 0 Å². The number of aliphatic hydroxyl groups excluding tert-OH is 1. The summed E-state index contributed by atoms with van der Waals surface area (Å²) in [6.07, 6.45) is 3.36. The Morgan fingerprint density at radius 3 is 2.67 bits per heavy atom. The van der Waals surface area contributed by atoms with E-state index in [1.54, 1.807) is 6.92 Å². The maximum atomic E-state index is 8.79. The molecule has 0 saturated heterocycles. The molecule has 0 saturated carbocycles. The van der Waals surface area contributed by atoms with E-state index < -0.39 is 0 Å². The molecule has 0 aromatic heterocycles. The average Bonchev–Trinajstić information content (AvgIpc) is 1.63. The molecule has 0 aliphatic rings. The number of hydrogen-bond acceptors (Lipinski definition) is 1. The zero-order valence-electron chi connectivity index (χ0n) is 5.89. The lowest BCUT2D eigenvalue weighted by atomic mass is 10.2. The summed E-state index contributed by atoms with van der Waals surface area (Å²) in [5, 5.41) is 9.59. The average molecular weight is 149 g/mol. The van der Waals surface area contributed by atoms with E-state index in [0.29, 0.717) is 0 Å². The Balaban J connectivity index is 3.20. The van der Waals surface area contributed by atoms with Gasteiger partial charge in [0.2, 0.25) is 0 Å². The van der Waals surface area contributed by atoms with Crippen molar-refractivity contribution in [3.05, 3.63) is 11.1 Å². The summed E-state index contributed by atoms with van der Waals surface area (Å²) < 4.78 is 0. The monoisotopic (exact) mass is 148 g/mol. The van der Waals surface area contributed by atoms with Crippen LogP contribution in [0.25, 0.3) is 0 Å².